The minimum absolute atomic E-state index is 0.231. The summed E-state index contributed by atoms with van der Waals surface area (Å²) >= 11 is 0. The lowest BCUT2D eigenvalue weighted by atomic mass is 10.0. The first-order valence-electron chi connectivity index (χ1n) is 8.08. The summed E-state index contributed by atoms with van der Waals surface area (Å²) in [5.41, 5.74) is 4.79. The van der Waals surface area contributed by atoms with Crippen LogP contribution in [0.15, 0.2) is 59.2 Å². The molecule has 4 rings (SSSR count). The fourth-order valence-electron chi connectivity index (χ4n) is 3.31. The first kappa shape index (κ1) is 16.5. The van der Waals surface area contributed by atoms with E-state index in [-0.39, 0.29) is 5.75 Å². The highest BCUT2D eigenvalue weighted by Crippen LogP contribution is 2.40. The molecule has 0 N–H and O–H groups in total. The number of allylic oxidation sites excluding steroid dienone is 1. The molecule has 4 nitrogen and oxygen atoms in total. The molecule has 0 bridgehead atoms. The second-order valence-corrected chi connectivity index (χ2v) is 6.18. The zero-order valence-electron chi connectivity index (χ0n) is 14.2. The van der Waals surface area contributed by atoms with Crippen LogP contribution in [0.1, 0.15) is 12.5 Å². The fraction of sp³-hybridized carbons (Fsp3) is 0.211. The lowest BCUT2D eigenvalue weighted by molar-refractivity contribution is -0.274. The molecule has 0 saturated carbocycles. The van der Waals surface area contributed by atoms with Gasteiger partial charge >= 0.3 is 6.36 Å². The molecule has 2 aromatic carbocycles. The summed E-state index contributed by atoms with van der Waals surface area (Å²) in [5, 5.41) is 0. The van der Waals surface area contributed by atoms with Crippen molar-refractivity contribution in [1.82, 2.24) is 0 Å². The van der Waals surface area contributed by atoms with Crippen molar-refractivity contribution in [3.8, 4) is 5.75 Å². The minimum Gasteiger partial charge on any atom is -0.406 e. The first-order chi connectivity index (χ1) is 12.3. The molecule has 2 aliphatic heterocycles. The molecule has 26 heavy (non-hydrogen) atoms. The van der Waals surface area contributed by atoms with Crippen molar-refractivity contribution in [2.45, 2.75) is 13.3 Å². The van der Waals surface area contributed by atoms with E-state index in [1.54, 1.807) is 12.1 Å². The molecule has 0 amide bonds. The Morgan fingerprint density at radius 2 is 1.65 bits per heavy atom. The zero-order valence-corrected chi connectivity index (χ0v) is 14.2. The van der Waals surface area contributed by atoms with Gasteiger partial charge in [-0.2, -0.15) is 0 Å². The number of benzene rings is 2. The summed E-state index contributed by atoms with van der Waals surface area (Å²) in [6, 6.07) is 13.9. The number of fused-ring (bicyclic) bond motifs is 3. The van der Waals surface area contributed by atoms with Gasteiger partial charge in [-0.25, -0.2) is 4.99 Å². The third kappa shape index (κ3) is 2.79. The van der Waals surface area contributed by atoms with E-state index in [1.165, 1.54) is 12.1 Å². The average molecular weight is 359 g/mol. The number of aliphatic imine (C=N–C) groups is 1. The van der Waals surface area contributed by atoms with Gasteiger partial charge in [0.25, 0.3) is 0 Å². The molecule has 7 heteroatoms. The van der Waals surface area contributed by atoms with E-state index in [2.05, 4.69) is 9.64 Å². The summed E-state index contributed by atoms with van der Waals surface area (Å²) in [7, 11) is 1.97. The third-order valence-electron chi connectivity index (χ3n) is 4.53. The largest absolute Gasteiger partial charge is 0.573 e. The van der Waals surface area contributed by atoms with Crippen LogP contribution >= 0.6 is 0 Å². The fourth-order valence-corrected chi connectivity index (χ4v) is 3.31. The van der Waals surface area contributed by atoms with Gasteiger partial charge in [-0.3, -0.25) is 0 Å². The Morgan fingerprint density at radius 3 is 2.31 bits per heavy atom. The molecule has 2 heterocycles. The van der Waals surface area contributed by atoms with Gasteiger partial charge < -0.3 is 14.5 Å². The van der Waals surface area contributed by atoms with Crippen LogP contribution in [-0.2, 0) is 0 Å². The minimum atomic E-state index is -4.69. The van der Waals surface area contributed by atoms with Crippen LogP contribution in [0.3, 0.4) is 0 Å². The number of alkyl halides is 3. The van der Waals surface area contributed by atoms with E-state index in [0.717, 1.165) is 34.2 Å². The molecule has 0 spiro atoms. The Bertz CT molecular complexity index is 916. The Labute approximate surface area is 148 Å². The highest BCUT2D eigenvalue weighted by atomic mass is 19.4. The highest BCUT2D eigenvalue weighted by molar-refractivity contribution is 6.18. The van der Waals surface area contributed by atoms with Gasteiger partial charge in [-0.15, -0.1) is 13.2 Å². The second-order valence-electron chi connectivity index (χ2n) is 6.18. The second kappa shape index (κ2) is 5.79. The van der Waals surface area contributed by atoms with E-state index in [4.69, 9.17) is 4.99 Å². The van der Waals surface area contributed by atoms with Crippen LogP contribution in [0, 0.1) is 0 Å². The predicted molar refractivity (Wildman–Crippen MR) is 95.3 cm³/mol. The Hall–Kier alpha value is -2.96. The maximum absolute atomic E-state index is 12.3. The summed E-state index contributed by atoms with van der Waals surface area (Å²) in [5.74, 6) is 0.621. The van der Waals surface area contributed by atoms with Gasteiger partial charge in [0, 0.05) is 18.3 Å². The SMILES string of the molecule is CC1=C(c2ccc(OC(F)(F)F)cc2)CN2C(=N1)N(C)c1ccccc12. The molecule has 0 aliphatic carbocycles. The number of halogens is 3. The molecule has 0 saturated heterocycles. The summed E-state index contributed by atoms with van der Waals surface area (Å²) < 4.78 is 40.9. The maximum atomic E-state index is 12.3. The van der Waals surface area contributed by atoms with E-state index in [0.29, 0.717) is 6.54 Å². The lowest BCUT2D eigenvalue weighted by Gasteiger charge is -2.28. The number of guanidine groups is 1. The Morgan fingerprint density at radius 1 is 1.00 bits per heavy atom. The number of hydrogen-bond acceptors (Lipinski definition) is 4. The molecular weight excluding hydrogens is 343 g/mol. The van der Waals surface area contributed by atoms with Crippen molar-refractivity contribution in [3.05, 3.63) is 59.8 Å². The van der Waals surface area contributed by atoms with Crippen molar-refractivity contribution < 1.29 is 17.9 Å². The normalized spacial score (nSPS) is 16.4. The van der Waals surface area contributed by atoms with Gasteiger partial charge in [0.05, 0.1) is 17.9 Å². The third-order valence-corrected chi connectivity index (χ3v) is 4.53. The average Bonchev–Trinajstić information content (AvgIpc) is 2.86. The quantitative estimate of drug-likeness (QED) is 0.782. The van der Waals surface area contributed by atoms with Gasteiger partial charge in [0.2, 0.25) is 5.96 Å². The molecule has 0 unspecified atom stereocenters. The smallest absolute Gasteiger partial charge is 0.406 e. The maximum Gasteiger partial charge on any atom is 0.573 e. The molecule has 134 valence electrons. The molecular formula is C19H16F3N3O. The van der Waals surface area contributed by atoms with Gasteiger partial charge in [-0.1, -0.05) is 24.3 Å². The van der Waals surface area contributed by atoms with Gasteiger partial charge in [0.1, 0.15) is 5.75 Å². The van der Waals surface area contributed by atoms with E-state index < -0.39 is 6.36 Å². The van der Waals surface area contributed by atoms with E-state index in [1.807, 2.05) is 43.1 Å². The van der Waals surface area contributed by atoms with Crippen LogP contribution in [0.4, 0.5) is 24.5 Å². The number of nitrogens with zero attached hydrogens (tertiary/aromatic N) is 3. The van der Waals surface area contributed by atoms with Gasteiger partial charge in [-0.05, 0) is 36.8 Å². The van der Waals surface area contributed by atoms with Crippen LogP contribution in [-0.4, -0.2) is 25.9 Å². The number of rotatable bonds is 2. The Balaban J connectivity index is 1.66. The van der Waals surface area contributed by atoms with Gasteiger partial charge in [0.15, 0.2) is 0 Å². The zero-order chi connectivity index (χ0) is 18.5. The van der Waals surface area contributed by atoms with Crippen LogP contribution in [0.5, 0.6) is 5.75 Å². The number of anilines is 2. The van der Waals surface area contributed by atoms with Crippen molar-refractivity contribution in [2.75, 3.05) is 23.4 Å². The summed E-state index contributed by atoms with van der Waals surface area (Å²) in [6.45, 7) is 2.52. The number of ether oxygens (including phenoxy) is 1. The van der Waals surface area contributed by atoms with E-state index >= 15 is 0 Å². The molecule has 0 atom stereocenters. The number of hydrogen-bond donors (Lipinski definition) is 0. The lowest BCUT2D eigenvalue weighted by Crippen LogP contribution is -2.39. The Kier molecular flexibility index (Phi) is 3.68. The predicted octanol–water partition coefficient (Wildman–Crippen LogP) is 4.64. The topological polar surface area (TPSA) is 28.1 Å². The van der Waals surface area contributed by atoms with Crippen molar-refractivity contribution in [3.63, 3.8) is 0 Å². The highest BCUT2D eigenvalue weighted by Gasteiger charge is 2.34. The monoisotopic (exact) mass is 359 g/mol. The van der Waals surface area contributed by atoms with E-state index in [9.17, 15) is 13.2 Å². The van der Waals surface area contributed by atoms with Crippen LogP contribution in [0.25, 0.3) is 5.57 Å². The summed E-state index contributed by atoms with van der Waals surface area (Å²) in [4.78, 5) is 8.86. The molecule has 2 aromatic rings. The standard InChI is InChI=1S/C19H16F3N3O/c1-12-15(13-7-9-14(10-8-13)26-19(20,21)22)11-25-17-6-4-3-5-16(17)24(2)18(25)23-12/h3-10H,11H2,1-2H3. The first-order valence-corrected chi connectivity index (χ1v) is 8.08. The molecule has 0 fully saturated rings. The number of para-hydroxylation sites is 2. The molecule has 2 aliphatic rings. The summed E-state index contributed by atoms with van der Waals surface area (Å²) in [6.07, 6.45) is -4.69. The van der Waals surface area contributed by atoms with Crippen molar-refractivity contribution >= 4 is 22.9 Å². The van der Waals surface area contributed by atoms with Crippen LogP contribution in [0.2, 0.25) is 0 Å². The van der Waals surface area contributed by atoms with Crippen molar-refractivity contribution in [1.29, 1.82) is 0 Å². The molecule has 0 radical (unpaired) electrons. The van der Waals surface area contributed by atoms with Crippen LogP contribution < -0.4 is 14.5 Å². The molecule has 0 aromatic heterocycles. The van der Waals surface area contributed by atoms with Crippen molar-refractivity contribution in [2.24, 2.45) is 4.99 Å².